The van der Waals surface area contributed by atoms with Crippen LogP contribution in [0.3, 0.4) is 0 Å². The number of hydrogen-bond donors (Lipinski definition) is 1. The lowest BCUT2D eigenvalue weighted by Gasteiger charge is -2.22. The molecule has 1 atom stereocenters. The van der Waals surface area contributed by atoms with Gasteiger partial charge in [-0.1, -0.05) is 34.8 Å². The quantitative estimate of drug-likeness (QED) is 0.828. The van der Waals surface area contributed by atoms with Gasteiger partial charge in [-0.05, 0) is 31.9 Å². The van der Waals surface area contributed by atoms with Crippen LogP contribution in [-0.4, -0.2) is 18.6 Å². The van der Waals surface area contributed by atoms with Gasteiger partial charge >= 0.3 is 5.97 Å². The van der Waals surface area contributed by atoms with E-state index in [4.69, 9.17) is 4.74 Å². The van der Waals surface area contributed by atoms with Gasteiger partial charge in [0, 0.05) is 16.1 Å². The Bertz CT molecular complexity index is 475. The first-order chi connectivity index (χ1) is 9.61. The molecule has 0 spiro atoms. The molecular weight excluding hydrogens is 325 g/mol. The summed E-state index contributed by atoms with van der Waals surface area (Å²) in [6.07, 6.45) is 4.34. The summed E-state index contributed by atoms with van der Waals surface area (Å²) in [5.74, 6) is -0.816. The molecule has 0 aliphatic heterocycles. The van der Waals surface area contributed by atoms with Crippen LogP contribution in [0.25, 0.3) is 0 Å². The van der Waals surface area contributed by atoms with Crippen LogP contribution in [0.15, 0.2) is 22.7 Å². The van der Waals surface area contributed by atoms with Crippen molar-refractivity contribution in [3.8, 4) is 0 Å². The molecule has 1 aliphatic rings. The zero-order valence-electron chi connectivity index (χ0n) is 11.5. The van der Waals surface area contributed by atoms with E-state index in [1.165, 1.54) is 6.07 Å². The summed E-state index contributed by atoms with van der Waals surface area (Å²) in [5.41, 5.74) is 0.346. The van der Waals surface area contributed by atoms with Crippen molar-refractivity contribution in [3.63, 3.8) is 0 Å². The summed E-state index contributed by atoms with van der Waals surface area (Å²) in [6, 6.07) is 4.26. The Morgan fingerprint density at radius 1 is 1.50 bits per heavy atom. The molecule has 0 saturated heterocycles. The van der Waals surface area contributed by atoms with Gasteiger partial charge in [-0.15, -0.1) is 0 Å². The van der Waals surface area contributed by atoms with E-state index in [9.17, 15) is 9.18 Å². The van der Waals surface area contributed by atoms with Crippen molar-refractivity contribution in [2.75, 3.05) is 6.61 Å². The fourth-order valence-corrected chi connectivity index (χ4v) is 2.91. The number of carbonyl (C=O) groups excluding carboxylic acids is 1. The standard InChI is InChI=1S/C15H19BrFNO2/c1-2-20-15(19)14(18-11-5-3-4-6-11)12-8-7-10(16)9-13(12)17/h7-9,11,14,18H,2-6H2,1H3. The Morgan fingerprint density at radius 2 is 2.20 bits per heavy atom. The molecular formula is C15H19BrFNO2. The molecule has 0 heterocycles. The van der Waals surface area contributed by atoms with Crippen molar-refractivity contribution in [2.24, 2.45) is 0 Å². The van der Waals surface area contributed by atoms with Crippen molar-refractivity contribution in [1.29, 1.82) is 0 Å². The van der Waals surface area contributed by atoms with Crippen molar-refractivity contribution < 1.29 is 13.9 Å². The number of carbonyl (C=O) groups is 1. The average Bonchev–Trinajstić information content (AvgIpc) is 2.90. The smallest absolute Gasteiger partial charge is 0.327 e. The van der Waals surface area contributed by atoms with Gasteiger partial charge in [-0.2, -0.15) is 0 Å². The van der Waals surface area contributed by atoms with Gasteiger partial charge < -0.3 is 4.74 Å². The van der Waals surface area contributed by atoms with Crippen molar-refractivity contribution >= 4 is 21.9 Å². The number of rotatable bonds is 5. The summed E-state index contributed by atoms with van der Waals surface area (Å²) < 4.78 is 19.8. The van der Waals surface area contributed by atoms with Crippen molar-refractivity contribution in [1.82, 2.24) is 5.32 Å². The third kappa shape index (κ3) is 3.79. The van der Waals surface area contributed by atoms with Crippen LogP contribution in [0.2, 0.25) is 0 Å². The Balaban J connectivity index is 2.22. The highest BCUT2D eigenvalue weighted by atomic mass is 79.9. The predicted molar refractivity (Wildman–Crippen MR) is 78.9 cm³/mol. The highest BCUT2D eigenvalue weighted by Crippen LogP contribution is 2.26. The summed E-state index contributed by atoms with van der Waals surface area (Å²) in [4.78, 5) is 12.1. The van der Waals surface area contributed by atoms with Gasteiger partial charge in [0.1, 0.15) is 11.9 Å². The monoisotopic (exact) mass is 343 g/mol. The number of halogens is 2. The van der Waals surface area contributed by atoms with E-state index in [1.54, 1.807) is 19.1 Å². The van der Waals surface area contributed by atoms with E-state index in [0.717, 1.165) is 25.7 Å². The molecule has 1 aliphatic carbocycles. The number of esters is 1. The van der Waals surface area contributed by atoms with Gasteiger partial charge in [-0.3, -0.25) is 5.32 Å². The maximum Gasteiger partial charge on any atom is 0.327 e. The second kappa shape index (κ2) is 7.18. The van der Waals surface area contributed by atoms with Crippen LogP contribution in [0.5, 0.6) is 0 Å². The number of ether oxygens (including phenoxy) is 1. The summed E-state index contributed by atoms with van der Waals surface area (Å²) in [6.45, 7) is 2.04. The van der Waals surface area contributed by atoms with E-state index in [1.807, 2.05) is 0 Å². The first-order valence-corrected chi connectivity index (χ1v) is 7.78. The molecule has 1 aromatic rings. The second-order valence-corrected chi connectivity index (χ2v) is 5.91. The topological polar surface area (TPSA) is 38.3 Å². The molecule has 0 amide bonds. The molecule has 110 valence electrons. The third-order valence-electron chi connectivity index (χ3n) is 3.55. The first kappa shape index (κ1) is 15.4. The zero-order valence-corrected chi connectivity index (χ0v) is 13.1. The van der Waals surface area contributed by atoms with E-state index < -0.39 is 17.8 Å². The van der Waals surface area contributed by atoms with Crippen LogP contribution in [0.4, 0.5) is 4.39 Å². The first-order valence-electron chi connectivity index (χ1n) is 6.99. The van der Waals surface area contributed by atoms with Crippen molar-refractivity contribution in [2.45, 2.75) is 44.7 Å². The molecule has 1 unspecified atom stereocenters. The van der Waals surface area contributed by atoms with E-state index in [-0.39, 0.29) is 6.04 Å². The molecule has 2 rings (SSSR count). The molecule has 1 saturated carbocycles. The van der Waals surface area contributed by atoms with Crippen LogP contribution in [0, 0.1) is 5.82 Å². The van der Waals surface area contributed by atoms with Crippen LogP contribution in [-0.2, 0) is 9.53 Å². The molecule has 1 fully saturated rings. The van der Waals surface area contributed by atoms with E-state index in [2.05, 4.69) is 21.2 Å². The van der Waals surface area contributed by atoms with Gasteiger partial charge in [0.25, 0.3) is 0 Å². The van der Waals surface area contributed by atoms with Gasteiger partial charge in [0.15, 0.2) is 0 Å². The second-order valence-electron chi connectivity index (χ2n) is 5.00. The Kier molecular flexibility index (Phi) is 5.54. The number of benzene rings is 1. The summed E-state index contributed by atoms with van der Waals surface area (Å²) >= 11 is 3.22. The lowest BCUT2D eigenvalue weighted by molar-refractivity contribution is -0.146. The molecule has 5 heteroatoms. The average molecular weight is 344 g/mol. The zero-order chi connectivity index (χ0) is 14.5. The molecule has 0 bridgehead atoms. The largest absolute Gasteiger partial charge is 0.465 e. The maximum atomic E-state index is 14.1. The maximum absolute atomic E-state index is 14.1. The van der Waals surface area contributed by atoms with Gasteiger partial charge in [0.05, 0.1) is 6.61 Å². The highest BCUT2D eigenvalue weighted by Gasteiger charge is 2.28. The van der Waals surface area contributed by atoms with Crippen LogP contribution in [0.1, 0.15) is 44.2 Å². The lowest BCUT2D eigenvalue weighted by Crippen LogP contribution is -2.37. The Morgan fingerprint density at radius 3 is 2.80 bits per heavy atom. The third-order valence-corrected chi connectivity index (χ3v) is 4.05. The molecule has 20 heavy (non-hydrogen) atoms. The molecule has 1 aromatic carbocycles. The van der Waals surface area contributed by atoms with Crippen LogP contribution < -0.4 is 5.32 Å². The predicted octanol–water partition coefficient (Wildman–Crippen LogP) is 3.72. The molecule has 1 N–H and O–H groups in total. The molecule has 0 radical (unpaired) electrons. The minimum absolute atomic E-state index is 0.257. The lowest BCUT2D eigenvalue weighted by atomic mass is 10.0. The molecule has 3 nitrogen and oxygen atoms in total. The summed E-state index contributed by atoms with van der Waals surface area (Å²) in [7, 11) is 0. The molecule has 0 aromatic heterocycles. The fraction of sp³-hybridized carbons (Fsp3) is 0.533. The van der Waals surface area contributed by atoms with E-state index >= 15 is 0 Å². The minimum atomic E-state index is -0.730. The normalized spacial score (nSPS) is 17.1. The fourth-order valence-electron chi connectivity index (χ4n) is 2.57. The SMILES string of the molecule is CCOC(=O)C(NC1CCCC1)c1ccc(Br)cc1F. The number of nitrogens with one attached hydrogen (secondary N) is 1. The Hall–Kier alpha value is -0.940. The summed E-state index contributed by atoms with van der Waals surface area (Å²) in [5, 5.41) is 3.25. The van der Waals surface area contributed by atoms with Gasteiger partial charge in [0.2, 0.25) is 0 Å². The highest BCUT2D eigenvalue weighted by molar-refractivity contribution is 9.10. The van der Waals surface area contributed by atoms with Crippen molar-refractivity contribution in [3.05, 3.63) is 34.1 Å². The van der Waals surface area contributed by atoms with Gasteiger partial charge in [-0.25, -0.2) is 9.18 Å². The minimum Gasteiger partial charge on any atom is -0.465 e. The Labute approximate surface area is 127 Å². The number of hydrogen-bond acceptors (Lipinski definition) is 3. The van der Waals surface area contributed by atoms with E-state index in [0.29, 0.717) is 16.6 Å². The van der Waals surface area contributed by atoms with Crippen LogP contribution >= 0.6 is 15.9 Å².